The number of aldehydes is 1. The Hall–Kier alpha value is -1.20. The lowest BCUT2D eigenvalue weighted by molar-refractivity contribution is 0.111. The second-order valence-electron chi connectivity index (χ2n) is 3.03. The van der Waals surface area contributed by atoms with E-state index in [1.54, 1.807) is 29.3 Å². The largest absolute Gasteiger partial charge is 0.296 e. The van der Waals surface area contributed by atoms with Crippen LogP contribution in [0.3, 0.4) is 0 Å². The Kier molecular flexibility index (Phi) is 3.69. The number of nitrogens with zero attached hydrogens (tertiary/aromatic N) is 1. The fraction of sp³-hybridized carbons (Fsp3) is 0.0909. The Morgan fingerprint density at radius 2 is 2.12 bits per heavy atom. The zero-order valence-electron chi connectivity index (χ0n) is 8.22. The Morgan fingerprint density at radius 3 is 2.75 bits per heavy atom. The summed E-state index contributed by atoms with van der Waals surface area (Å²) in [5, 5.41) is 2.63. The van der Waals surface area contributed by atoms with E-state index in [9.17, 15) is 9.18 Å². The molecule has 1 heterocycles. The van der Waals surface area contributed by atoms with E-state index in [4.69, 9.17) is 0 Å². The second kappa shape index (κ2) is 5.23. The minimum atomic E-state index is -0.234. The van der Waals surface area contributed by atoms with Crippen LogP contribution >= 0.6 is 23.1 Å². The van der Waals surface area contributed by atoms with E-state index in [0.717, 1.165) is 16.2 Å². The molecular formula is C11H8FNOS2. The van der Waals surface area contributed by atoms with E-state index in [1.807, 2.05) is 0 Å². The molecule has 0 spiro atoms. The van der Waals surface area contributed by atoms with Crippen LogP contribution in [0.2, 0.25) is 0 Å². The van der Waals surface area contributed by atoms with E-state index >= 15 is 0 Å². The summed E-state index contributed by atoms with van der Waals surface area (Å²) in [5.41, 5.74) is 0.472. The number of thiazole rings is 1. The smallest absolute Gasteiger partial charge is 0.169 e. The third-order valence-corrected chi connectivity index (χ3v) is 3.94. The third kappa shape index (κ3) is 2.90. The summed E-state index contributed by atoms with van der Waals surface area (Å²) in [6.07, 6.45) is 0.739. The summed E-state index contributed by atoms with van der Waals surface area (Å²) in [6, 6.07) is 6.32. The van der Waals surface area contributed by atoms with Gasteiger partial charge in [0.1, 0.15) is 16.5 Å². The molecule has 5 heteroatoms. The van der Waals surface area contributed by atoms with Crippen molar-refractivity contribution in [2.45, 2.75) is 10.6 Å². The molecule has 0 aliphatic carbocycles. The van der Waals surface area contributed by atoms with Gasteiger partial charge < -0.3 is 0 Å². The lowest BCUT2D eigenvalue weighted by Gasteiger charge is -1.98. The molecule has 0 saturated carbocycles. The molecule has 2 nitrogen and oxygen atoms in total. The predicted octanol–water partition coefficient (Wildman–Crippen LogP) is 3.39. The van der Waals surface area contributed by atoms with Crippen LogP contribution in [0.1, 0.15) is 15.5 Å². The molecule has 2 aromatic rings. The number of rotatable bonds is 4. The number of hydrogen-bond acceptors (Lipinski definition) is 4. The molecule has 0 bridgehead atoms. The Balaban J connectivity index is 1.96. The Bertz CT molecular complexity index is 481. The maximum absolute atomic E-state index is 12.6. The van der Waals surface area contributed by atoms with Crippen molar-refractivity contribution in [1.82, 2.24) is 4.98 Å². The van der Waals surface area contributed by atoms with E-state index in [1.165, 1.54) is 23.5 Å². The van der Waals surface area contributed by atoms with Gasteiger partial charge in [0.2, 0.25) is 0 Å². The lowest BCUT2D eigenvalue weighted by atomic mass is 10.4. The topological polar surface area (TPSA) is 30.0 Å². The van der Waals surface area contributed by atoms with Gasteiger partial charge in [-0.3, -0.25) is 4.79 Å². The number of hydrogen-bond donors (Lipinski definition) is 0. The third-order valence-electron chi connectivity index (χ3n) is 1.87. The highest BCUT2D eigenvalue weighted by Crippen LogP contribution is 2.24. The molecule has 2 rings (SSSR count). The normalized spacial score (nSPS) is 10.3. The maximum atomic E-state index is 12.6. The number of thioether (sulfide) groups is 1. The molecule has 0 amide bonds. The van der Waals surface area contributed by atoms with Crippen molar-refractivity contribution in [2.24, 2.45) is 0 Å². The second-order valence-corrected chi connectivity index (χ2v) is 5.02. The van der Waals surface area contributed by atoms with Crippen molar-refractivity contribution in [1.29, 1.82) is 0 Å². The molecule has 0 aliphatic rings. The van der Waals surface area contributed by atoms with Crippen molar-refractivity contribution in [3.05, 3.63) is 46.2 Å². The van der Waals surface area contributed by atoms with Crippen LogP contribution in [-0.4, -0.2) is 11.3 Å². The standard InChI is InChI=1S/C11H8FNOS2/c12-8-1-3-10(4-2-8)15-7-11-13-9(5-14)6-16-11/h1-6H,7H2. The summed E-state index contributed by atoms with van der Waals surface area (Å²) >= 11 is 3.03. The first-order valence-electron chi connectivity index (χ1n) is 4.56. The monoisotopic (exact) mass is 253 g/mol. The molecule has 0 aliphatic heterocycles. The summed E-state index contributed by atoms with van der Waals surface area (Å²) in [5.74, 6) is 0.464. The van der Waals surface area contributed by atoms with Gasteiger partial charge in [0.25, 0.3) is 0 Å². The molecule has 0 fully saturated rings. The van der Waals surface area contributed by atoms with Gasteiger partial charge in [0.15, 0.2) is 6.29 Å². The van der Waals surface area contributed by atoms with Crippen LogP contribution in [0.5, 0.6) is 0 Å². The van der Waals surface area contributed by atoms with Crippen LogP contribution < -0.4 is 0 Å². The zero-order valence-corrected chi connectivity index (χ0v) is 9.85. The minimum absolute atomic E-state index is 0.234. The van der Waals surface area contributed by atoms with Gasteiger partial charge in [-0.05, 0) is 24.3 Å². The quantitative estimate of drug-likeness (QED) is 0.618. The number of benzene rings is 1. The van der Waals surface area contributed by atoms with Gasteiger partial charge in [-0.15, -0.1) is 23.1 Å². The Morgan fingerprint density at radius 1 is 1.38 bits per heavy atom. The van der Waals surface area contributed by atoms with E-state index in [2.05, 4.69) is 4.98 Å². The lowest BCUT2D eigenvalue weighted by Crippen LogP contribution is -1.82. The van der Waals surface area contributed by atoms with Crippen molar-refractivity contribution in [3.63, 3.8) is 0 Å². The van der Waals surface area contributed by atoms with Gasteiger partial charge in [0.05, 0.1) is 5.75 Å². The fourth-order valence-electron chi connectivity index (χ4n) is 1.12. The molecule has 0 saturated heterocycles. The maximum Gasteiger partial charge on any atom is 0.169 e. The highest BCUT2D eigenvalue weighted by atomic mass is 32.2. The molecule has 0 radical (unpaired) electrons. The number of carbonyl (C=O) groups excluding carboxylic acids is 1. The molecule has 1 aromatic heterocycles. The summed E-state index contributed by atoms with van der Waals surface area (Å²) in [4.78, 5) is 15.5. The zero-order chi connectivity index (χ0) is 11.4. The van der Waals surface area contributed by atoms with Crippen LogP contribution in [-0.2, 0) is 5.75 Å². The first-order chi connectivity index (χ1) is 7.78. The van der Waals surface area contributed by atoms with Gasteiger partial charge in [-0.1, -0.05) is 0 Å². The first kappa shape index (κ1) is 11.3. The van der Waals surface area contributed by atoms with Gasteiger partial charge >= 0.3 is 0 Å². The fourth-order valence-corrected chi connectivity index (χ4v) is 2.78. The van der Waals surface area contributed by atoms with Crippen molar-refractivity contribution in [2.75, 3.05) is 0 Å². The van der Waals surface area contributed by atoms with Crippen molar-refractivity contribution >= 4 is 29.4 Å². The number of halogens is 1. The molecular weight excluding hydrogens is 245 g/mol. The molecule has 0 N–H and O–H groups in total. The minimum Gasteiger partial charge on any atom is -0.296 e. The molecule has 1 aromatic carbocycles. The first-order valence-corrected chi connectivity index (χ1v) is 6.42. The summed E-state index contributed by atoms with van der Waals surface area (Å²) < 4.78 is 12.6. The number of aromatic nitrogens is 1. The number of carbonyl (C=O) groups is 1. The summed E-state index contributed by atoms with van der Waals surface area (Å²) in [7, 11) is 0. The van der Waals surface area contributed by atoms with Crippen LogP contribution in [0.25, 0.3) is 0 Å². The highest BCUT2D eigenvalue weighted by Gasteiger charge is 2.02. The molecule has 0 atom stereocenters. The molecule has 82 valence electrons. The predicted molar refractivity (Wildman–Crippen MR) is 63.5 cm³/mol. The van der Waals surface area contributed by atoms with Crippen molar-refractivity contribution in [3.8, 4) is 0 Å². The van der Waals surface area contributed by atoms with Gasteiger partial charge in [-0.25, -0.2) is 9.37 Å². The van der Waals surface area contributed by atoms with Crippen LogP contribution in [0.15, 0.2) is 34.5 Å². The van der Waals surface area contributed by atoms with E-state index < -0.39 is 0 Å². The molecule has 16 heavy (non-hydrogen) atoms. The Labute approximate surface area is 101 Å². The average molecular weight is 253 g/mol. The highest BCUT2D eigenvalue weighted by molar-refractivity contribution is 7.98. The average Bonchev–Trinajstić information content (AvgIpc) is 2.76. The SMILES string of the molecule is O=Cc1csc(CSc2ccc(F)cc2)n1. The van der Waals surface area contributed by atoms with Gasteiger partial charge in [-0.2, -0.15) is 0 Å². The molecule has 0 unspecified atom stereocenters. The van der Waals surface area contributed by atoms with Crippen LogP contribution in [0.4, 0.5) is 4.39 Å². The van der Waals surface area contributed by atoms with Crippen LogP contribution in [0, 0.1) is 5.82 Å². The van der Waals surface area contributed by atoms with E-state index in [0.29, 0.717) is 11.4 Å². The van der Waals surface area contributed by atoms with Crippen molar-refractivity contribution < 1.29 is 9.18 Å². The van der Waals surface area contributed by atoms with Gasteiger partial charge in [0, 0.05) is 10.3 Å². The van der Waals surface area contributed by atoms with E-state index in [-0.39, 0.29) is 5.82 Å². The summed E-state index contributed by atoms with van der Waals surface area (Å²) in [6.45, 7) is 0.